The third-order valence-electron chi connectivity index (χ3n) is 4.78. The van der Waals surface area contributed by atoms with Crippen LogP contribution >= 0.6 is 0 Å². The van der Waals surface area contributed by atoms with Crippen molar-refractivity contribution >= 4 is 11.6 Å². The minimum Gasteiger partial charge on any atom is -0.391 e. The molecule has 2 bridgehead atoms. The van der Waals surface area contributed by atoms with Crippen LogP contribution in [0, 0.1) is 17.8 Å². The number of nitrogen functional groups attached to an aromatic ring is 1. The van der Waals surface area contributed by atoms with Gasteiger partial charge in [0.15, 0.2) is 0 Å². The molecular weight excluding hydrogens is 216 g/mol. The Labute approximate surface area is 99.7 Å². The van der Waals surface area contributed by atoms with E-state index >= 15 is 0 Å². The van der Waals surface area contributed by atoms with Crippen molar-refractivity contribution in [3.8, 4) is 0 Å². The highest BCUT2D eigenvalue weighted by molar-refractivity contribution is 5.46. The molecule has 0 aromatic carbocycles. The van der Waals surface area contributed by atoms with Gasteiger partial charge in [-0.2, -0.15) is 0 Å². The highest BCUT2D eigenvalue weighted by Crippen LogP contribution is 2.55. The van der Waals surface area contributed by atoms with Gasteiger partial charge in [-0.05, 0) is 30.6 Å². The molecule has 3 fully saturated rings. The van der Waals surface area contributed by atoms with Crippen molar-refractivity contribution in [1.29, 1.82) is 0 Å². The molecular formula is C12H16N4O. The molecule has 5 heteroatoms. The summed E-state index contributed by atoms with van der Waals surface area (Å²) in [6, 6.07) is 0.245. The molecule has 2 heterocycles. The topological polar surface area (TPSA) is 75.3 Å². The van der Waals surface area contributed by atoms with Crippen molar-refractivity contribution in [3.63, 3.8) is 0 Å². The predicted molar refractivity (Wildman–Crippen MR) is 63.3 cm³/mol. The molecule has 5 atom stereocenters. The summed E-state index contributed by atoms with van der Waals surface area (Å²) in [6.07, 6.45) is 5.47. The number of aliphatic hydroxyl groups is 1. The van der Waals surface area contributed by atoms with Crippen molar-refractivity contribution in [1.82, 2.24) is 9.97 Å². The predicted octanol–water partition coefficient (Wildman–Crippen LogP) is 0.264. The van der Waals surface area contributed by atoms with Gasteiger partial charge in [0.25, 0.3) is 0 Å². The minimum absolute atomic E-state index is 0.193. The number of fused-ring (bicyclic) bond motifs is 1. The molecule has 1 aromatic heterocycles. The second-order valence-corrected chi connectivity index (χ2v) is 5.59. The number of nitrogens with two attached hydrogens (primary N) is 1. The number of aliphatic hydroxyl groups excluding tert-OH is 1. The van der Waals surface area contributed by atoms with E-state index in [-0.39, 0.29) is 12.1 Å². The Hall–Kier alpha value is -1.36. The Balaban J connectivity index is 1.72. The van der Waals surface area contributed by atoms with E-state index in [1.165, 1.54) is 12.8 Å². The van der Waals surface area contributed by atoms with Gasteiger partial charge < -0.3 is 15.7 Å². The summed E-state index contributed by atoms with van der Waals surface area (Å²) >= 11 is 0. The van der Waals surface area contributed by atoms with Crippen molar-refractivity contribution in [2.24, 2.45) is 17.8 Å². The molecule has 0 radical (unpaired) electrons. The average Bonchev–Trinajstić information content (AvgIpc) is 2.89. The molecule has 3 N–H and O–H groups in total. The Morgan fingerprint density at radius 3 is 2.94 bits per heavy atom. The van der Waals surface area contributed by atoms with Crippen LogP contribution < -0.4 is 10.6 Å². The van der Waals surface area contributed by atoms with E-state index in [2.05, 4.69) is 14.9 Å². The minimum atomic E-state index is -0.193. The molecule has 3 aliphatic rings. The lowest BCUT2D eigenvalue weighted by Gasteiger charge is -2.29. The van der Waals surface area contributed by atoms with Gasteiger partial charge in [-0.15, -0.1) is 0 Å². The van der Waals surface area contributed by atoms with Gasteiger partial charge in [-0.25, -0.2) is 4.98 Å². The zero-order valence-corrected chi connectivity index (χ0v) is 9.53. The second-order valence-electron chi connectivity index (χ2n) is 5.59. The molecule has 1 aliphatic heterocycles. The molecule has 0 amide bonds. The Morgan fingerprint density at radius 1 is 1.29 bits per heavy atom. The van der Waals surface area contributed by atoms with Gasteiger partial charge in [0, 0.05) is 6.54 Å². The molecule has 2 saturated carbocycles. The Morgan fingerprint density at radius 2 is 2.18 bits per heavy atom. The molecule has 4 rings (SSSR count). The SMILES string of the molecule is Nc1cncc(N2CC3CC4CC3C2C4O)n1. The van der Waals surface area contributed by atoms with Gasteiger partial charge in [-0.1, -0.05) is 0 Å². The van der Waals surface area contributed by atoms with Crippen LogP contribution in [-0.2, 0) is 0 Å². The van der Waals surface area contributed by atoms with Crippen LogP contribution in [0.25, 0.3) is 0 Å². The van der Waals surface area contributed by atoms with Gasteiger partial charge in [0.05, 0.1) is 24.5 Å². The molecule has 1 aromatic rings. The Kier molecular flexibility index (Phi) is 1.76. The van der Waals surface area contributed by atoms with E-state index in [0.717, 1.165) is 18.3 Å². The van der Waals surface area contributed by atoms with Crippen molar-refractivity contribution in [3.05, 3.63) is 12.4 Å². The second kappa shape index (κ2) is 3.10. The quantitative estimate of drug-likeness (QED) is 0.726. The maximum Gasteiger partial charge on any atom is 0.149 e. The fourth-order valence-electron chi connectivity index (χ4n) is 4.19. The third kappa shape index (κ3) is 1.17. The lowest BCUT2D eigenvalue weighted by molar-refractivity contribution is 0.0965. The summed E-state index contributed by atoms with van der Waals surface area (Å²) in [5, 5.41) is 10.3. The molecule has 0 spiro atoms. The highest BCUT2D eigenvalue weighted by Gasteiger charge is 2.59. The summed E-state index contributed by atoms with van der Waals surface area (Å²) in [6.45, 7) is 1.00. The largest absolute Gasteiger partial charge is 0.391 e. The average molecular weight is 232 g/mol. The van der Waals surface area contributed by atoms with Crippen LogP contribution in [0.4, 0.5) is 11.6 Å². The first-order valence-electron chi connectivity index (χ1n) is 6.26. The summed E-state index contributed by atoms with van der Waals surface area (Å²) in [4.78, 5) is 10.6. The lowest BCUT2D eigenvalue weighted by atomic mass is 9.88. The summed E-state index contributed by atoms with van der Waals surface area (Å²) in [5.41, 5.74) is 5.68. The van der Waals surface area contributed by atoms with Crippen LogP contribution in [0.2, 0.25) is 0 Å². The first-order chi connectivity index (χ1) is 8.24. The van der Waals surface area contributed by atoms with E-state index in [1.54, 1.807) is 12.4 Å². The molecule has 17 heavy (non-hydrogen) atoms. The van der Waals surface area contributed by atoms with E-state index in [4.69, 9.17) is 5.73 Å². The first-order valence-corrected chi connectivity index (χ1v) is 6.26. The van der Waals surface area contributed by atoms with Crippen LogP contribution in [0.15, 0.2) is 12.4 Å². The number of hydrogen-bond donors (Lipinski definition) is 2. The summed E-state index contributed by atoms with van der Waals surface area (Å²) in [7, 11) is 0. The van der Waals surface area contributed by atoms with Crippen LogP contribution in [0.5, 0.6) is 0 Å². The van der Waals surface area contributed by atoms with Crippen molar-refractivity contribution < 1.29 is 5.11 Å². The van der Waals surface area contributed by atoms with E-state index in [0.29, 0.717) is 17.7 Å². The van der Waals surface area contributed by atoms with Crippen molar-refractivity contribution in [2.45, 2.75) is 25.0 Å². The van der Waals surface area contributed by atoms with Gasteiger partial charge in [-0.3, -0.25) is 4.98 Å². The maximum atomic E-state index is 10.3. The number of aromatic nitrogens is 2. The molecule has 5 unspecified atom stereocenters. The fourth-order valence-corrected chi connectivity index (χ4v) is 4.19. The lowest BCUT2D eigenvalue weighted by Crippen LogP contribution is -2.41. The zero-order chi connectivity index (χ0) is 11.6. The number of hydrogen-bond acceptors (Lipinski definition) is 5. The van der Waals surface area contributed by atoms with Crippen LogP contribution in [-0.4, -0.2) is 33.8 Å². The standard InChI is InChI=1S/C12H16N4O/c13-9-3-14-4-10(15-9)16-5-7-1-6-2-8(7)11(16)12(6)17/h3-4,6-8,11-12,17H,1-2,5H2,(H2,13,15). The summed E-state index contributed by atoms with van der Waals surface area (Å²) in [5.74, 6) is 3.17. The van der Waals surface area contributed by atoms with E-state index in [9.17, 15) is 5.11 Å². The number of rotatable bonds is 1. The van der Waals surface area contributed by atoms with Crippen LogP contribution in [0.1, 0.15) is 12.8 Å². The molecule has 5 nitrogen and oxygen atoms in total. The fraction of sp³-hybridized carbons (Fsp3) is 0.667. The van der Waals surface area contributed by atoms with Crippen molar-refractivity contribution in [2.75, 3.05) is 17.2 Å². The van der Waals surface area contributed by atoms with Gasteiger partial charge >= 0.3 is 0 Å². The molecule has 1 saturated heterocycles. The summed E-state index contributed by atoms with van der Waals surface area (Å²) < 4.78 is 0. The zero-order valence-electron chi connectivity index (χ0n) is 9.53. The molecule has 90 valence electrons. The third-order valence-corrected chi connectivity index (χ3v) is 4.78. The highest BCUT2D eigenvalue weighted by atomic mass is 16.3. The Bertz CT molecular complexity index is 464. The van der Waals surface area contributed by atoms with E-state index < -0.39 is 0 Å². The van der Waals surface area contributed by atoms with Crippen LogP contribution in [0.3, 0.4) is 0 Å². The number of anilines is 2. The number of nitrogens with zero attached hydrogens (tertiary/aromatic N) is 3. The maximum absolute atomic E-state index is 10.3. The first kappa shape index (κ1) is 9.65. The van der Waals surface area contributed by atoms with Gasteiger partial charge in [0.2, 0.25) is 0 Å². The smallest absolute Gasteiger partial charge is 0.149 e. The van der Waals surface area contributed by atoms with Gasteiger partial charge in [0.1, 0.15) is 11.6 Å². The normalized spacial score (nSPS) is 42.4. The van der Waals surface area contributed by atoms with E-state index in [1.807, 2.05) is 0 Å². The monoisotopic (exact) mass is 232 g/mol. The molecule has 2 aliphatic carbocycles.